The summed E-state index contributed by atoms with van der Waals surface area (Å²) in [5.74, 6) is 0. The third-order valence-electron chi connectivity index (χ3n) is 2.53. The molecule has 0 unspecified atom stereocenters. The Morgan fingerprint density at radius 3 is 2.21 bits per heavy atom. The van der Waals surface area contributed by atoms with E-state index in [-0.39, 0.29) is 6.54 Å². The van der Waals surface area contributed by atoms with E-state index in [1.165, 1.54) is 29.0 Å². The molecule has 0 spiro atoms. The van der Waals surface area contributed by atoms with Gasteiger partial charge in [-0.25, -0.2) is 4.79 Å². The lowest BCUT2D eigenvalue weighted by Gasteiger charge is -2.08. The minimum absolute atomic E-state index is 0.0910. The maximum absolute atomic E-state index is 12.4. The van der Waals surface area contributed by atoms with Gasteiger partial charge in [-0.05, 0) is 17.7 Å². The number of rotatable bonds is 2. The number of nitrogens with zero attached hydrogens (tertiary/aromatic N) is 1. The van der Waals surface area contributed by atoms with Gasteiger partial charge in [0.1, 0.15) is 0 Å². The minimum Gasteiger partial charge on any atom is -0.296 e. The summed E-state index contributed by atoms with van der Waals surface area (Å²) >= 11 is 0. The molecule has 1 heterocycles. The van der Waals surface area contributed by atoms with Gasteiger partial charge in [-0.15, -0.1) is 0 Å². The van der Waals surface area contributed by atoms with Crippen molar-refractivity contribution >= 4 is 0 Å². The smallest absolute Gasteiger partial charge is 0.296 e. The van der Waals surface area contributed by atoms with Gasteiger partial charge in [0.05, 0.1) is 12.1 Å². The number of alkyl halides is 3. The van der Waals surface area contributed by atoms with Gasteiger partial charge in [0.15, 0.2) is 0 Å². The van der Waals surface area contributed by atoms with Crippen LogP contribution in [0.25, 0.3) is 0 Å². The van der Waals surface area contributed by atoms with E-state index in [2.05, 4.69) is 4.98 Å². The van der Waals surface area contributed by atoms with Crippen LogP contribution in [0.1, 0.15) is 11.1 Å². The van der Waals surface area contributed by atoms with Crippen LogP contribution in [0.15, 0.2) is 46.1 Å². The van der Waals surface area contributed by atoms with Gasteiger partial charge >= 0.3 is 11.9 Å². The van der Waals surface area contributed by atoms with Crippen molar-refractivity contribution in [1.82, 2.24) is 9.55 Å². The summed E-state index contributed by atoms with van der Waals surface area (Å²) in [5, 5.41) is 0. The zero-order valence-corrected chi connectivity index (χ0v) is 9.57. The van der Waals surface area contributed by atoms with Crippen LogP contribution >= 0.6 is 0 Å². The van der Waals surface area contributed by atoms with Crippen LogP contribution in [0, 0.1) is 0 Å². The van der Waals surface area contributed by atoms with E-state index < -0.39 is 23.0 Å². The molecule has 0 amide bonds. The first kappa shape index (κ1) is 13.1. The fourth-order valence-electron chi connectivity index (χ4n) is 1.56. The fourth-order valence-corrected chi connectivity index (χ4v) is 1.56. The lowest BCUT2D eigenvalue weighted by molar-refractivity contribution is -0.137. The zero-order valence-electron chi connectivity index (χ0n) is 9.57. The topological polar surface area (TPSA) is 54.9 Å². The molecule has 0 aliphatic rings. The Morgan fingerprint density at radius 2 is 1.68 bits per heavy atom. The molecule has 2 aromatic rings. The number of aromatic amines is 1. The molecule has 0 saturated heterocycles. The third kappa shape index (κ3) is 3.12. The summed E-state index contributed by atoms with van der Waals surface area (Å²) in [7, 11) is 0. The second kappa shape index (κ2) is 4.75. The molecule has 0 atom stereocenters. The van der Waals surface area contributed by atoms with Crippen molar-refractivity contribution in [3.05, 3.63) is 68.5 Å². The van der Waals surface area contributed by atoms with E-state index in [0.717, 1.165) is 12.1 Å². The summed E-state index contributed by atoms with van der Waals surface area (Å²) in [6.45, 7) is 0.0910. The molecular weight excluding hydrogens is 261 g/mol. The summed E-state index contributed by atoms with van der Waals surface area (Å²) in [5.41, 5.74) is -1.34. The Kier molecular flexibility index (Phi) is 3.28. The number of benzene rings is 1. The molecule has 0 aliphatic carbocycles. The van der Waals surface area contributed by atoms with Gasteiger partial charge in [-0.2, -0.15) is 13.2 Å². The minimum atomic E-state index is -4.38. The van der Waals surface area contributed by atoms with Gasteiger partial charge < -0.3 is 0 Å². The number of nitrogens with one attached hydrogen (secondary N) is 1. The second-order valence-electron chi connectivity index (χ2n) is 3.93. The van der Waals surface area contributed by atoms with Crippen molar-refractivity contribution < 1.29 is 13.2 Å². The number of aromatic nitrogens is 2. The molecule has 2 rings (SSSR count). The van der Waals surface area contributed by atoms with Gasteiger partial charge in [0, 0.05) is 12.3 Å². The van der Waals surface area contributed by atoms with Crippen molar-refractivity contribution in [2.75, 3.05) is 0 Å². The molecule has 0 aliphatic heterocycles. The monoisotopic (exact) mass is 270 g/mol. The maximum atomic E-state index is 12.4. The highest BCUT2D eigenvalue weighted by Gasteiger charge is 2.29. The fraction of sp³-hybridized carbons (Fsp3) is 0.167. The highest BCUT2D eigenvalue weighted by molar-refractivity contribution is 5.24. The number of hydrogen-bond acceptors (Lipinski definition) is 2. The van der Waals surface area contributed by atoms with Crippen LogP contribution < -0.4 is 11.2 Å². The summed E-state index contributed by atoms with van der Waals surface area (Å²) in [4.78, 5) is 24.3. The highest BCUT2D eigenvalue weighted by atomic mass is 19.4. The Bertz CT molecular complexity index is 684. The lowest BCUT2D eigenvalue weighted by atomic mass is 10.1. The summed E-state index contributed by atoms with van der Waals surface area (Å²) in [6.07, 6.45) is -3.09. The van der Waals surface area contributed by atoms with E-state index >= 15 is 0 Å². The van der Waals surface area contributed by atoms with Gasteiger partial charge in [0.2, 0.25) is 0 Å². The maximum Gasteiger partial charge on any atom is 0.416 e. The molecule has 1 N–H and O–H groups in total. The normalized spacial score (nSPS) is 11.5. The predicted molar refractivity (Wildman–Crippen MR) is 61.9 cm³/mol. The Labute approximate surface area is 105 Å². The Morgan fingerprint density at radius 1 is 1.05 bits per heavy atom. The molecule has 7 heteroatoms. The molecule has 0 fully saturated rings. The zero-order chi connectivity index (χ0) is 14.0. The lowest BCUT2D eigenvalue weighted by Crippen LogP contribution is -2.28. The summed E-state index contributed by atoms with van der Waals surface area (Å²) < 4.78 is 38.3. The van der Waals surface area contributed by atoms with E-state index in [0.29, 0.717) is 5.56 Å². The van der Waals surface area contributed by atoms with Crippen molar-refractivity contribution in [3.8, 4) is 0 Å². The highest BCUT2D eigenvalue weighted by Crippen LogP contribution is 2.29. The molecule has 100 valence electrons. The van der Waals surface area contributed by atoms with Gasteiger partial charge in [-0.3, -0.25) is 14.3 Å². The number of hydrogen-bond donors (Lipinski definition) is 1. The molecule has 0 saturated carbocycles. The molecule has 0 bridgehead atoms. The van der Waals surface area contributed by atoms with Crippen LogP contribution in [0.3, 0.4) is 0 Å². The second-order valence-corrected chi connectivity index (χ2v) is 3.93. The molecule has 0 radical (unpaired) electrons. The van der Waals surface area contributed by atoms with Crippen LogP contribution in [-0.4, -0.2) is 9.55 Å². The van der Waals surface area contributed by atoms with E-state index in [1.807, 2.05) is 0 Å². The molecule has 1 aromatic heterocycles. The first-order valence-electron chi connectivity index (χ1n) is 5.32. The Hall–Kier alpha value is -2.31. The number of halogens is 3. The van der Waals surface area contributed by atoms with E-state index in [4.69, 9.17) is 0 Å². The van der Waals surface area contributed by atoms with Crippen LogP contribution in [0.2, 0.25) is 0 Å². The average molecular weight is 270 g/mol. The first-order valence-corrected chi connectivity index (χ1v) is 5.32. The molecule has 19 heavy (non-hydrogen) atoms. The van der Waals surface area contributed by atoms with Crippen molar-refractivity contribution in [1.29, 1.82) is 0 Å². The summed E-state index contributed by atoms with van der Waals surface area (Å²) in [6, 6.07) is 5.66. The van der Waals surface area contributed by atoms with Crippen molar-refractivity contribution in [2.45, 2.75) is 12.7 Å². The van der Waals surface area contributed by atoms with E-state index in [1.54, 1.807) is 0 Å². The van der Waals surface area contributed by atoms with Crippen LogP contribution in [0.4, 0.5) is 13.2 Å². The van der Waals surface area contributed by atoms with Gasteiger partial charge in [0.25, 0.3) is 5.56 Å². The van der Waals surface area contributed by atoms with Crippen LogP contribution in [0.5, 0.6) is 0 Å². The third-order valence-corrected chi connectivity index (χ3v) is 2.53. The quantitative estimate of drug-likeness (QED) is 0.901. The van der Waals surface area contributed by atoms with Crippen molar-refractivity contribution in [2.24, 2.45) is 0 Å². The molecule has 4 nitrogen and oxygen atoms in total. The van der Waals surface area contributed by atoms with E-state index in [9.17, 15) is 22.8 Å². The Balaban J connectivity index is 2.25. The first-order chi connectivity index (χ1) is 8.86. The SMILES string of the molecule is O=c1ccn(Cc2ccc(C(F)(F)F)cc2)c(=O)[nH]1. The average Bonchev–Trinajstić information content (AvgIpc) is 2.32. The van der Waals surface area contributed by atoms with Crippen molar-refractivity contribution in [3.63, 3.8) is 0 Å². The standard InChI is InChI=1S/C12H9F3N2O2/c13-12(14,15)9-3-1-8(2-4-9)7-17-6-5-10(18)16-11(17)19/h1-6H,7H2,(H,16,18,19). The number of H-pyrrole nitrogens is 1. The molecular formula is C12H9F3N2O2. The predicted octanol–water partition coefficient (Wildman–Crippen LogP) is 1.60. The largest absolute Gasteiger partial charge is 0.416 e. The van der Waals surface area contributed by atoms with Gasteiger partial charge in [-0.1, -0.05) is 12.1 Å². The van der Waals surface area contributed by atoms with Crippen LogP contribution in [-0.2, 0) is 12.7 Å². The molecule has 1 aromatic carbocycles.